The van der Waals surface area contributed by atoms with E-state index in [0.29, 0.717) is 30.8 Å². The summed E-state index contributed by atoms with van der Waals surface area (Å²) in [6.07, 6.45) is 6.36. The van der Waals surface area contributed by atoms with Gasteiger partial charge in [0.1, 0.15) is 0 Å². The molecule has 3 rings (SSSR count). The number of amides is 2. The fourth-order valence-electron chi connectivity index (χ4n) is 3.45. The van der Waals surface area contributed by atoms with Crippen LogP contribution in [0.25, 0.3) is 0 Å². The number of ether oxygens (including phenoxy) is 1. The Labute approximate surface area is 153 Å². The molecule has 26 heavy (non-hydrogen) atoms. The highest BCUT2D eigenvalue weighted by Crippen LogP contribution is 2.23. The van der Waals surface area contributed by atoms with Crippen LogP contribution in [0.1, 0.15) is 49.4 Å². The minimum Gasteiger partial charge on any atom is -0.452 e. The molecule has 6 heteroatoms. The molecule has 2 amide bonds. The van der Waals surface area contributed by atoms with Crippen molar-refractivity contribution in [3.63, 3.8) is 0 Å². The van der Waals surface area contributed by atoms with Gasteiger partial charge < -0.3 is 14.5 Å². The summed E-state index contributed by atoms with van der Waals surface area (Å²) in [6.45, 7) is 2.86. The molecule has 1 aliphatic heterocycles. The van der Waals surface area contributed by atoms with Crippen LogP contribution in [-0.2, 0) is 14.3 Å². The van der Waals surface area contributed by atoms with Crippen LogP contribution in [0.3, 0.4) is 0 Å². The van der Waals surface area contributed by atoms with Gasteiger partial charge in [-0.1, -0.05) is 12.1 Å². The first-order valence-electron chi connectivity index (χ1n) is 9.17. The van der Waals surface area contributed by atoms with Crippen LogP contribution in [-0.4, -0.2) is 42.4 Å². The van der Waals surface area contributed by atoms with Crippen LogP contribution < -0.4 is 4.90 Å². The third-order valence-corrected chi connectivity index (χ3v) is 4.77. The first-order valence-corrected chi connectivity index (χ1v) is 9.17. The van der Waals surface area contributed by atoms with Gasteiger partial charge >= 0.3 is 5.97 Å². The fourth-order valence-corrected chi connectivity index (χ4v) is 3.45. The van der Waals surface area contributed by atoms with Gasteiger partial charge in [-0.25, -0.2) is 4.79 Å². The van der Waals surface area contributed by atoms with E-state index < -0.39 is 5.97 Å². The van der Waals surface area contributed by atoms with Crippen LogP contribution in [0, 0.1) is 0 Å². The van der Waals surface area contributed by atoms with Crippen molar-refractivity contribution < 1.29 is 19.1 Å². The molecule has 0 radical (unpaired) electrons. The molecule has 0 N–H and O–H groups in total. The van der Waals surface area contributed by atoms with Crippen molar-refractivity contribution in [1.29, 1.82) is 0 Å². The van der Waals surface area contributed by atoms with E-state index >= 15 is 0 Å². The summed E-state index contributed by atoms with van der Waals surface area (Å²) in [6, 6.07) is 6.80. The highest BCUT2D eigenvalue weighted by Gasteiger charge is 2.23. The number of carbonyl (C=O) groups excluding carboxylic acids is 3. The molecular formula is C20H24N2O4. The third-order valence-electron chi connectivity index (χ3n) is 4.77. The zero-order valence-corrected chi connectivity index (χ0v) is 15.1. The molecular weight excluding hydrogens is 332 g/mol. The Morgan fingerprint density at radius 2 is 2.08 bits per heavy atom. The molecule has 0 aromatic heterocycles. The standard InChI is InChI=1S/C20H24N2O4/c1-2-21(16-8-3-4-9-16)19(24)14-26-20(25)15-7-5-10-17(13-15)22-12-6-11-18(22)23/h5,7-8,10,13H,2-4,6,9,11-12,14H2,1H3. The Bertz CT molecular complexity index is 741. The minimum absolute atomic E-state index is 0.0640. The van der Waals surface area contributed by atoms with Crippen molar-refractivity contribution in [2.45, 2.75) is 39.0 Å². The number of anilines is 1. The van der Waals surface area contributed by atoms with Gasteiger partial charge in [0.05, 0.1) is 5.56 Å². The zero-order valence-electron chi connectivity index (χ0n) is 15.1. The van der Waals surface area contributed by atoms with Gasteiger partial charge in [0, 0.05) is 30.9 Å². The number of allylic oxidation sites excluding steroid dienone is 2. The van der Waals surface area contributed by atoms with E-state index in [-0.39, 0.29) is 18.4 Å². The maximum absolute atomic E-state index is 12.4. The smallest absolute Gasteiger partial charge is 0.338 e. The Morgan fingerprint density at radius 1 is 1.23 bits per heavy atom. The molecule has 1 aliphatic carbocycles. The summed E-state index contributed by atoms with van der Waals surface area (Å²) < 4.78 is 5.22. The second-order valence-electron chi connectivity index (χ2n) is 6.50. The largest absolute Gasteiger partial charge is 0.452 e. The second-order valence-corrected chi connectivity index (χ2v) is 6.50. The van der Waals surface area contributed by atoms with Crippen molar-refractivity contribution >= 4 is 23.5 Å². The lowest BCUT2D eigenvalue weighted by molar-refractivity contribution is -0.132. The molecule has 0 atom stereocenters. The van der Waals surface area contributed by atoms with E-state index in [1.165, 1.54) is 0 Å². The zero-order chi connectivity index (χ0) is 18.5. The summed E-state index contributed by atoms with van der Waals surface area (Å²) in [4.78, 5) is 39.9. The predicted molar refractivity (Wildman–Crippen MR) is 97.6 cm³/mol. The first kappa shape index (κ1) is 18.2. The van der Waals surface area contributed by atoms with Gasteiger partial charge in [-0.05, 0) is 50.8 Å². The molecule has 1 heterocycles. The van der Waals surface area contributed by atoms with Gasteiger partial charge in [-0.3, -0.25) is 9.59 Å². The van der Waals surface area contributed by atoms with Crippen LogP contribution in [0.15, 0.2) is 36.0 Å². The first-order chi connectivity index (χ1) is 12.6. The molecule has 2 aliphatic rings. The number of nitrogens with zero attached hydrogens (tertiary/aromatic N) is 2. The Morgan fingerprint density at radius 3 is 2.73 bits per heavy atom. The number of rotatable bonds is 6. The summed E-state index contributed by atoms with van der Waals surface area (Å²) >= 11 is 0. The predicted octanol–water partition coefficient (Wildman–Crippen LogP) is 2.89. The van der Waals surface area contributed by atoms with Gasteiger partial charge in [0.2, 0.25) is 5.91 Å². The lowest BCUT2D eigenvalue weighted by Crippen LogP contribution is -2.33. The van der Waals surface area contributed by atoms with Gasteiger partial charge in [0.25, 0.3) is 5.91 Å². The number of carbonyl (C=O) groups is 3. The third kappa shape index (κ3) is 3.95. The molecule has 0 spiro atoms. The average Bonchev–Trinajstić information content (AvgIpc) is 3.32. The van der Waals surface area contributed by atoms with Crippen molar-refractivity contribution in [2.75, 3.05) is 24.6 Å². The molecule has 1 saturated heterocycles. The fraction of sp³-hybridized carbons (Fsp3) is 0.450. The van der Waals surface area contributed by atoms with Crippen LogP contribution in [0.5, 0.6) is 0 Å². The number of hydrogen-bond donors (Lipinski definition) is 0. The Balaban J connectivity index is 1.61. The van der Waals surface area contributed by atoms with E-state index in [0.717, 1.165) is 31.4 Å². The van der Waals surface area contributed by atoms with Gasteiger partial charge in [-0.15, -0.1) is 0 Å². The summed E-state index contributed by atoms with van der Waals surface area (Å²) in [5.74, 6) is -0.697. The normalized spacial score (nSPS) is 16.6. The summed E-state index contributed by atoms with van der Waals surface area (Å²) in [5, 5.41) is 0. The summed E-state index contributed by atoms with van der Waals surface area (Å²) in [5.41, 5.74) is 2.06. The lowest BCUT2D eigenvalue weighted by Gasteiger charge is -2.22. The number of likely N-dealkylation sites (N-methyl/N-ethyl adjacent to an activating group) is 1. The number of benzene rings is 1. The Kier molecular flexibility index (Phi) is 5.71. The van der Waals surface area contributed by atoms with E-state index in [2.05, 4.69) is 6.08 Å². The van der Waals surface area contributed by atoms with E-state index in [1.807, 2.05) is 6.92 Å². The maximum Gasteiger partial charge on any atom is 0.338 e. The molecule has 0 unspecified atom stereocenters. The topological polar surface area (TPSA) is 66.9 Å². The number of esters is 1. The molecule has 1 aromatic rings. The number of hydrogen-bond acceptors (Lipinski definition) is 4. The maximum atomic E-state index is 12.4. The van der Waals surface area contributed by atoms with Crippen LogP contribution in [0.4, 0.5) is 5.69 Å². The van der Waals surface area contributed by atoms with Crippen LogP contribution in [0.2, 0.25) is 0 Å². The van der Waals surface area contributed by atoms with Crippen molar-refractivity contribution in [3.8, 4) is 0 Å². The highest BCUT2D eigenvalue weighted by atomic mass is 16.5. The van der Waals surface area contributed by atoms with Crippen molar-refractivity contribution in [3.05, 3.63) is 41.6 Å². The summed E-state index contributed by atoms with van der Waals surface area (Å²) in [7, 11) is 0. The average molecular weight is 356 g/mol. The quantitative estimate of drug-likeness (QED) is 0.735. The molecule has 1 fully saturated rings. The SMILES string of the molecule is CCN(C(=O)COC(=O)c1cccc(N2CCCC2=O)c1)C1=CCCC1. The molecule has 0 bridgehead atoms. The minimum atomic E-state index is -0.552. The molecule has 6 nitrogen and oxygen atoms in total. The molecule has 1 aromatic carbocycles. The van der Waals surface area contributed by atoms with Gasteiger partial charge in [0.15, 0.2) is 6.61 Å². The monoisotopic (exact) mass is 356 g/mol. The second kappa shape index (κ2) is 8.17. The van der Waals surface area contributed by atoms with Crippen LogP contribution >= 0.6 is 0 Å². The lowest BCUT2D eigenvalue weighted by atomic mass is 10.2. The van der Waals surface area contributed by atoms with Crippen molar-refractivity contribution in [2.24, 2.45) is 0 Å². The van der Waals surface area contributed by atoms with E-state index in [1.54, 1.807) is 34.1 Å². The van der Waals surface area contributed by atoms with E-state index in [4.69, 9.17) is 4.74 Å². The van der Waals surface area contributed by atoms with Gasteiger partial charge in [-0.2, -0.15) is 0 Å². The Hall–Kier alpha value is -2.63. The molecule has 0 saturated carbocycles. The molecule has 138 valence electrons. The van der Waals surface area contributed by atoms with Crippen molar-refractivity contribution in [1.82, 2.24) is 4.90 Å². The van der Waals surface area contributed by atoms with E-state index in [9.17, 15) is 14.4 Å². The highest BCUT2D eigenvalue weighted by molar-refractivity contribution is 5.97.